The molecule has 0 radical (unpaired) electrons. The molecule has 0 fully saturated rings. The van der Waals surface area contributed by atoms with Crippen molar-refractivity contribution < 1.29 is 4.79 Å². The van der Waals surface area contributed by atoms with Gasteiger partial charge in [0.05, 0.1) is 0 Å². The molecule has 0 spiro atoms. The molecular weight excluding hydrogens is 318 g/mol. The predicted octanol–water partition coefficient (Wildman–Crippen LogP) is 3.01. The molecule has 1 amide bonds. The van der Waals surface area contributed by atoms with Crippen molar-refractivity contribution >= 4 is 34.6 Å². The van der Waals surface area contributed by atoms with E-state index >= 15 is 0 Å². The zero-order chi connectivity index (χ0) is 15.5. The number of nitrogens with one attached hydrogen (secondary N) is 2. The Balaban J connectivity index is 1.84. The fourth-order valence-corrected chi connectivity index (χ4v) is 2.72. The van der Waals surface area contributed by atoms with Gasteiger partial charge in [-0.3, -0.25) is 14.5 Å². The molecule has 22 heavy (non-hydrogen) atoms. The molecule has 2 aromatic heterocycles. The van der Waals surface area contributed by atoms with Crippen LogP contribution in [0.15, 0.2) is 35.8 Å². The molecule has 2 N–H and O–H groups in total. The SMILES string of the molecule is Cc1ccc(-c2n[nH]c(=S)n2CC(=O)Nc2nccs2)cc1. The number of hydrogen-bond acceptors (Lipinski definition) is 5. The summed E-state index contributed by atoms with van der Waals surface area (Å²) in [7, 11) is 0. The van der Waals surface area contributed by atoms with Crippen LogP contribution in [0.25, 0.3) is 11.4 Å². The monoisotopic (exact) mass is 331 g/mol. The first kappa shape index (κ1) is 14.6. The molecule has 1 aromatic carbocycles. The van der Waals surface area contributed by atoms with Crippen LogP contribution in [0.2, 0.25) is 0 Å². The number of carbonyl (C=O) groups excluding carboxylic acids is 1. The third-order valence-electron chi connectivity index (χ3n) is 3.05. The minimum atomic E-state index is -0.194. The van der Waals surface area contributed by atoms with Crippen LogP contribution in [0.5, 0.6) is 0 Å². The van der Waals surface area contributed by atoms with Crippen molar-refractivity contribution in [1.82, 2.24) is 19.7 Å². The highest BCUT2D eigenvalue weighted by atomic mass is 32.1. The number of aryl methyl sites for hydroxylation is 1. The topological polar surface area (TPSA) is 75.6 Å². The molecule has 0 aliphatic heterocycles. The van der Waals surface area contributed by atoms with Gasteiger partial charge in [0.1, 0.15) is 6.54 Å². The molecule has 2 heterocycles. The molecule has 0 aliphatic rings. The van der Waals surface area contributed by atoms with Gasteiger partial charge in [-0.15, -0.1) is 11.3 Å². The van der Waals surface area contributed by atoms with Crippen LogP contribution >= 0.6 is 23.6 Å². The highest BCUT2D eigenvalue weighted by molar-refractivity contribution is 7.71. The number of nitrogens with zero attached hydrogens (tertiary/aromatic N) is 3. The fraction of sp³-hybridized carbons (Fsp3) is 0.143. The largest absolute Gasteiger partial charge is 0.300 e. The van der Waals surface area contributed by atoms with E-state index in [0.29, 0.717) is 15.7 Å². The summed E-state index contributed by atoms with van der Waals surface area (Å²) in [5.41, 5.74) is 2.06. The maximum absolute atomic E-state index is 12.1. The van der Waals surface area contributed by atoms with E-state index in [0.717, 1.165) is 11.1 Å². The van der Waals surface area contributed by atoms with Crippen molar-refractivity contribution in [3.8, 4) is 11.4 Å². The summed E-state index contributed by atoms with van der Waals surface area (Å²) in [5, 5.41) is 12.1. The van der Waals surface area contributed by atoms with Crippen LogP contribution in [-0.2, 0) is 11.3 Å². The van der Waals surface area contributed by atoms with Gasteiger partial charge in [-0.25, -0.2) is 4.98 Å². The van der Waals surface area contributed by atoms with Crippen LogP contribution in [0.1, 0.15) is 5.56 Å². The molecule has 8 heteroatoms. The van der Waals surface area contributed by atoms with Gasteiger partial charge in [-0.05, 0) is 19.1 Å². The van der Waals surface area contributed by atoms with Crippen molar-refractivity contribution in [2.45, 2.75) is 13.5 Å². The normalized spacial score (nSPS) is 10.6. The Labute approximate surface area is 135 Å². The number of aromatic nitrogens is 4. The van der Waals surface area contributed by atoms with Gasteiger partial charge >= 0.3 is 0 Å². The second kappa shape index (κ2) is 6.20. The highest BCUT2D eigenvalue weighted by Gasteiger charge is 2.13. The lowest BCUT2D eigenvalue weighted by Gasteiger charge is -2.07. The van der Waals surface area contributed by atoms with E-state index < -0.39 is 0 Å². The number of rotatable bonds is 4. The molecule has 3 rings (SSSR count). The number of carbonyl (C=O) groups is 1. The van der Waals surface area contributed by atoms with Crippen molar-refractivity contribution in [1.29, 1.82) is 0 Å². The Morgan fingerprint density at radius 1 is 1.41 bits per heavy atom. The van der Waals surface area contributed by atoms with Gasteiger partial charge in [-0.2, -0.15) is 5.10 Å². The first-order chi connectivity index (χ1) is 10.6. The van der Waals surface area contributed by atoms with Crippen molar-refractivity contribution in [2.75, 3.05) is 5.32 Å². The molecule has 0 aliphatic carbocycles. The summed E-state index contributed by atoms with van der Waals surface area (Å²) in [6, 6.07) is 7.89. The van der Waals surface area contributed by atoms with E-state index in [4.69, 9.17) is 12.2 Å². The standard InChI is InChI=1S/C14H13N5OS2/c1-9-2-4-10(5-3-9)12-17-18-14(21)19(12)8-11(20)16-13-15-6-7-22-13/h2-7H,8H2,1H3,(H,18,21)(H,15,16,20). The predicted molar refractivity (Wildman–Crippen MR) is 88.3 cm³/mol. The number of aromatic amines is 1. The Morgan fingerprint density at radius 2 is 2.18 bits per heavy atom. The molecule has 0 atom stereocenters. The molecule has 0 saturated heterocycles. The van der Waals surface area contributed by atoms with Gasteiger partial charge in [0, 0.05) is 17.1 Å². The second-order valence-electron chi connectivity index (χ2n) is 4.69. The van der Waals surface area contributed by atoms with Crippen LogP contribution < -0.4 is 5.32 Å². The molecule has 0 unspecified atom stereocenters. The third-order valence-corrected chi connectivity index (χ3v) is 4.05. The Hall–Kier alpha value is -2.32. The minimum Gasteiger partial charge on any atom is -0.300 e. The maximum Gasteiger partial charge on any atom is 0.246 e. The summed E-state index contributed by atoms with van der Waals surface area (Å²) >= 11 is 6.59. The van der Waals surface area contributed by atoms with Crippen LogP contribution in [-0.4, -0.2) is 25.7 Å². The van der Waals surface area contributed by atoms with E-state index in [9.17, 15) is 4.79 Å². The van der Waals surface area contributed by atoms with Crippen molar-refractivity contribution in [3.05, 3.63) is 46.2 Å². The van der Waals surface area contributed by atoms with Crippen molar-refractivity contribution in [3.63, 3.8) is 0 Å². The lowest BCUT2D eigenvalue weighted by Crippen LogP contribution is -2.19. The summed E-state index contributed by atoms with van der Waals surface area (Å²) < 4.78 is 2.08. The maximum atomic E-state index is 12.1. The van der Waals surface area contributed by atoms with E-state index in [1.807, 2.05) is 31.2 Å². The summed E-state index contributed by atoms with van der Waals surface area (Å²) in [6.45, 7) is 2.10. The number of amides is 1. The molecule has 0 saturated carbocycles. The molecular formula is C14H13N5OS2. The number of hydrogen-bond donors (Lipinski definition) is 2. The zero-order valence-electron chi connectivity index (χ0n) is 11.7. The smallest absolute Gasteiger partial charge is 0.246 e. The molecule has 6 nitrogen and oxygen atoms in total. The second-order valence-corrected chi connectivity index (χ2v) is 5.97. The number of thiazole rings is 1. The van der Waals surface area contributed by atoms with Gasteiger partial charge in [0.2, 0.25) is 5.91 Å². The fourth-order valence-electron chi connectivity index (χ4n) is 1.97. The first-order valence-electron chi connectivity index (χ1n) is 6.55. The average Bonchev–Trinajstić information content (AvgIpc) is 3.11. The van der Waals surface area contributed by atoms with Gasteiger partial charge < -0.3 is 5.32 Å². The first-order valence-corrected chi connectivity index (χ1v) is 7.84. The highest BCUT2D eigenvalue weighted by Crippen LogP contribution is 2.18. The van der Waals surface area contributed by atoms with E-state index in [1.54, 1.807) is 16.1 Å². The average molecular weight is 331 g/mol. The Kier molecular flexibility index (Phi) is 4.12. The Bertz CT molecular complexity index is 833. The van der Waals surface area contributed by atoms with Gasteiger partial charge in [-0.1, -0.05) is 29.8 Å². The Morgan fingerprint density at radius 3 is 2.86 bits per heavy atom. The molecule has 112 valence electrons. The summed E-state index contributed by atoms with van der Waals surface area (Å²) in [5.74, 6) is 0.445. The van der Waals surface area contributed by atoms with E-state index in [-0.39, 0.29) is 12.5 Å². The third kappa shape index (κ3) is 3.12. The summed E-state index contributed by atoms with van der Waals surface area (Å²) in [4.78, 5) is 16.1. The lowest BCUT2D eigenvalue weighted by molar-refractivity contribution is -0.116. The number of benzene rings is 1. The molecule has 3 aromatic rings. The van der Waals surface area contributed by atoms with Crippen LogP contribution in [0, 0.1) is 11.7 Å². The molecule has 0 bridgehead atoms. The lowest BCUT2D eigenvalue weighted by atomic mass is 10.1. The summed E-state index contributed by atoms with van der Waals surface area (Å²) in [6.07, 6.45) is 1.64. The minimum absolute atomic E-state index is 0.0815. The van der Waals surface area contributed by atoms with Crippen molar-refractivity contribution in [2.24, 2.45) is 0 Å². The van der Waals surface area contributed by atoms with Crippen LogP contribution in [0.3, 0.4) is 0 Å². The zero-order valence-corrected chi connectivity index (χ0v) is 13.4. The van der Waals surface area contributed by atoms with Gasteiger partial charge in [0.15, 0.2) is 15.7 Å². The van der Waals surface area contributed by atoms with Crippen LogP contribution in [0.4, 0.5) is 5.13 Å². The quantitative estimate of drug-likeness (QED) is 0.721. The number of anilines is 1. The number of H-pyrrole nitrogens is 1. The van der Waals surface area contributed by atoms with E-state index in [1.165, 1.54) is 11.3 Å². The van der Waals surface area contributed by atoms with E-state index in [2.05, 4.69) is 20.5 Å². The van der Waals surface area contributed by atoms with Gasteiger partial charge in [0.25, 0.3) is 0 Å².